The summed E-state index contributed by atoms with van der Waals surface area (Å²) in [6.07, 6.45) is 0.863. The summed E-state index contributed by atoms with van der Waals surface area (Å²) in [6, 6.07) is 13.6. The van der Waals surface area contributed by atoms with Gasteiger partial charge in [0.05, 0.1) is 0 Å². The van der Waals surface area contributed by atoms with Gasteiger partial charge in [0.1, 0.15) is 11.6 Å². The predicted octanol–water partition coefficient (Wildman–Crippen LogP) is 2.79. The lowest BCUT2D eigenvalue weighted by Gasteiger charge is -2.17. The number of para-hydroxylation sites is 1. The van der Waals surface area contributed by atoms with Crippen LogP contribution in [0.25, 0.3) is 0 Å². The number of carbonyl (C=O) groups is 1. The molecule has 1 aliphatic rings. The number of rotatable bonds is 3. The van der Waals surface area contributed by atoms with Crippen molar-refractivity contribution in [2.75, 3.05) is 18.1 Å². The molecule has 0 unspecified atom stereocenters. The van der Waals surface area contributed by atoms with Crippen LogP contribution in [0.15, 0.2) is 48.5 Å². The number of ether oxygens (including phenoxy) is 1. The molecule has 102 valence electrons. The van der Waals surface area contributed by atoms with Crippen LogP contribution in [0.5, 0.6) is 5.75 Å². The zero-order valence-corrected chi connectivity index (χ0v) is 10.9. The Morgan fingerprint density at radius 1 is 1.20 bits per heavy atom. The fourth-order valence-electron chi connectivity index (χ4n) is 2.38. The second-order valence-electron chi connectivity index (χ2n) is 4.67. The molecule has 0 saturated carbocycles. The Morgan fingerprint density at radius 3 is 2.90 bits per heavy atom. The maximum Gasteiger partial charge on any atom is 0.264 e. The summed E-state index contributed by atoms with van der Waals surface area (Å²) in [6.45, 7) is 0.586. The van der Waals surface area contributed by atoms with Crippen LogP contribution in [0.2, 0.25) is 0 Å². The van der Waals surface area contributed by atoms with Crippen LogP contribution < -0.4 is 9.64 Å². The molecule has 1 amide bonds. The first kappa shape index (κ1) is 12.7. The molecule has 4 heteroatoms. The van der Waals surface area contributed by atoms with Crippen LogP contribution in [0.3, 0.4) is 0 Å². The molecule has 0 N–H and O–H groups in total. The van der Waals surface area contributed by atoms with E-state index in [9.17, 15) is 9.18 Å². The predicted molar refractivity (Wildman–Crippen MR) is 74.4 cm³/mol. The number of nitrogens with zero attached hydrogens (tertiary/aromatic N) is 1. The summed E-state index contributed by atoms with van der Waals surface area (Å²) >= 11 is 0. The van der Waals surface area contributed by atoms with Gasteiger partial charge < -0.3 is 9.64 Å². The third-order valence-corrected chi connectivity index (χ3v) is 3.35. The summed E-state index contributed by atoms with van der Waals surface area (Å²) in [5.41, 5.74) is 2.12. The first-order chi connectivity index (χ1) is 9.74. The molecule has 0 aromatic heterocycles. The number of hydrogen-bond donors (Lipinski definition) is 0. The van der Waals surface area contributed by atoms with Crippen molar-refractivity contribution in [3.63, 3.8) is 0 Å². The van der Waals surface area contributed by atoms with Gasteiger partial charge in [0.15, 0.2) is 6.61 Å². The molecule has 0 radical (unpaired) electrons. The van der Waals surface area contributed by atoms with Crippen LogP contribution in [0.1, 0.15) is 5.56 Å². The average molecular weight is 271 g/mol. The monoisotopic (exact) mass is 271 g/mol. The van der Waals surface area contributed by atoms with Crippen molar-refractivity contribution in [1.82, 2.24) is 0 Å². The summed E-state index contributed by atoms with van der Waals surface area (Å²) < 4.78 is 18.4. The van der Waals surface area contributed by atoms with Crippen LogP contribution in [-0.4, -0.2) is 19.1 Å². The molecule has 0 spiro atoms. The van der Waals surface area contributed by atoms with Gasteiger partial charge in [-0.25, -0.2) is 4.39 Å². The van der Waals surface area contributed by atoms with E-state index in [1.165, 1.54) is 17.7 Å². The van der Waals surface area contributed by atoms with E-state index in [0.29, 0.717) is 12.3 Å². The van der Waals surface area contributed by atoms with E-state index in [2.05, 4.69) is 0 Å². The van der Waals surface area contributed by atoms with Crippen molar-refractivity contribution in [3.05, 3.63) is 59.9 Å². The van der Waals surface area contributed by atoms with Gasteiger partial charge in [-0.2, -0.15) is 0 Å². The third kappa shape index (κ3) is 2.50. The smallest absolute Gasteiger partial charge is 0.264 e. The highest BCUT2D eigenvalue weighted by atomic mass is 19.1. The molecule has 1 aliphatic heterocycles. The Hall–Kier alpha value is -2.36. The molecule has 2 aromatic carbocycles. The molecule has 2 aromatic rings. The minimum atomic E-state index is -0.374. The largest absolute Gasteiger partial charge is 0.484 e. The van der Waals surface area contributed by atoms with Gasteiger partial charge in [0, 0.05) is 18.3 Å². The zero-order valence-electron chi connectivity index (χ0n) is 10.9. The fraction of sp³-hybridized carbons (Fsp3) is 0.188. The lowest BCUT2D eigenvalue weighted by Crippen LogP contribution is -2.33. The van der Waals surface area contributed by atoms with Crippen LogP contribution in [0.4, 0.5) is 10.1 Å². The highest BCUT2D eigenvalue weighted by Gasteiger charge is 2.24. The van der Waals surface area contributed by atoms with Crippen molar-refractivity contribution >= 4 is 11.6 Å². The van der Waals surface area contributed by atoms with Crippen molar-refractivity contribution in [3.8, 4) is 5.75 Å². The van der Waals surface area contributed by atoms with E-state index in [1.807, 2.05) is 24.3 Å². The Balaban J connectivity index is 1.66. The number of benzene rings is 2. The van der Waals surface area contributed by atoms with Crippen LogP contribution in [0, 0.1) is 5.82 Å². The van der Waals surface area contributed by atoms with Gasteiger partial charge in [-0.3, -0.25) is 4.79 Å². The lowest BCUT2D eigenvalue weighted by atomic mass is 10.2. The second kappa shape index (κ2) is 5.33. The summed E-state index contributed by atoms with van der Waals surface area (Å²) in [5, 5.41) is 0. The van der Waals surface area contributed by atoms with Gasteiger partial charge in [0.25, 0.3) is 5.91 Å². The molecule has 0 aliphatic carbocycles. The number of anilines is 1. The summed E-state index contributed by atoms with van der Waals surface area (Å²) in [4.78, 5) is 13.9. The highest BCUT2D eigenvalue weighted by Crippen LogP contribution is 2.27. The fourth-order valence-corrected chi connectivity index (χ4v) is 2.38. The SMILES string of the molecule is O=C(COc1cccc(F)c1)N1CCc2ccccc21. The van der Waals surface area contributed by atoms with E-state index >= 15 is 0 Å². The molecule has 0 fully saturated rings. The zero-order chi connectivity index (χ0) is 13.9. The number of halogens is 1. The van der Waals surface area contributed by atoms with Crippen molar-refractivity contribution in [2.24, 2.45) is 0 Å². The minimum Gasteiger partial charge on any atom is -0.484 e. The molecular weight excluding hydrogens is 257 g/mol. The maximum atomic E-state index is 13.0. The second-order valence-corrected chi connectivity index (χ2v) is 4.67. The first-order valence-corrected chi connectivity index (χ1v) is 6.51. The maximum absolute atomic E-state index is 13.0. The molecule has 1 heterocycles. The van der Waals surface area contributed by atoms with E-state index in [4.69, 9.17) is 4.74 Å². The van der Waals surface area contributed by atoms with Crippen LogP contribution in [-0.2, 0) is 11.2 Å². The Bertz CT molecular complexity index is 642. The molecule has 20 heavy (non-hydrogen) atoms. The summed E-state index contributed by atoms with van der Waals surface area (Å²) in [7, 11) is 0. The Morgan fingerprint density at radius 2 is 2.05 bits per heavy atom. The Labute approximate surface area is 116 Å². The number of hydrogen-bond acceptors (Lipinski definition) is 2. The van der Waals surface area contributed by atoms with Gasteiger partial charge in [-0.05, 0) is 30.2 Å². The third-order valence-electron chi connectivity index (χ3n) is 3.35. The standard InChI is InChI=1S/C16H14FNO2/c17-13-5-3-6-14(10-13)20-11-16(19)18-9-8-12-4-1-2-7-15(12)18/h1-7,10H,8-9,11H2. The lowest BCUT2D eigenvalue weighted by molar-refractivity contribution is -0.120. The average Bonchev–Trinajstić information content (AvgIpc) is 2.89. The quantitative estimate of drug-likeness (QED) is 0.859. The molecule has 0 saturated heterocycles. The number of carbonyl (C=O) groups excluding carboxylic acids is 1. The van der Waals surface area contributed by atoms with Gasteiger partial charge >= 0.3 is 0 Å². The van der Waals surface area contributed by atoms with Crippen molar-refractivity contribution < 1.29 is 13.9 Å². The van der Waals surface area contributed by atoms with E-state index in [1.54, 1.807) is 17.0 Å². The van der Waals surface area contributed by atoms with Gasteiger partial charge in [-0.1, -0.05) is 24.3 Å². The Kier molecular flexibility index (Phi) is 3.37. The molecule has 3 rings (SSSR count). The van der Waals surface area contributed by atoms with Gasteiger partial charge in [-0.15, -0.1) is 0 Å². The molecular formula is C16H14FNO2. The minimum absolute atomic E-state index is 0.0855. The highest BCUT2D eigenvalue weighted by molar-refractivity contribution is 5.96. The normalized spacial score (nSPS) is 13.2. The molecule has 0 bridgehead atoms. The van der Waals surface area contributed by atoms with Crippen molar-refractivity contribution in [2.45, 2.75) is 6.42 Å². The van der Waals surface area contributed by atoms with Gasteiger partial charge in [0.2, 0.25) is 0 Å². The summed E-state index contributed by atoms with van der Waals surface area (Å²) in [5.74, 6) is -0.119. The van der Waals surface area contributed by atoms with Crippen LogP contribution >= 0.6 is 0 Å². The topological polar surface area (TPSA) is 29.5 Å². The first-order valence-electron chi connectivity index (χ1n) is 6.51. The number of fused-ring (bicyclic) bond motifs is 1. The van der Waals surface area contributed by atoms with E-state index < -0.39 is 0 Å². The van der Waals surface area contributed by atoms with Crippen molar-refractivity contribution in [1.29, 1.82) is 0 Å². The molecule has 0 atom stereocenters. The number of amides is 1. The molecule has 3 nitrogen and oxygen atoms in total. The van der Waals surface area contributed by atoms with E-state index in [0.717, 1.165) is 12.1 Å². The van der Waals surface area contributed by atoms with E-state index in [-0.39, 0.29) is 18.3 Å².